The smallest absolute Gasteiger partial charge is 0.125 e. The second kappa shape index (κ2) is 6.22. The second-order valence-corrected chi connectivity index (χ2v) is 6.76. The van der Waals surface area contributed by atoms with E-state index < -0.39 is 0 Å². The lowest BCUT2D eigenvalue weighted by Gasteiger charge is -2.08. The third-order valence-electron chi connectivity index (χ3n) is 3.41. The van der Waals surface area contributed by atoms with Gasteiger partial charge in [-0.3, -0.25) is 4.98 Å². The quantitative estimate of drug-likeness (QED) is 0.725. The Morgan fingerprint density at radius 3 is 2.95 bits per heavy atom. The zero-order valence-corrected chi connectivity index (χ0v) is 14.3. The molecule has 0 saturated heterocycles. The van der Waals surface area contributed by atoms with Crippen LogP contribution < -0.4 is 5.32 Å². The summed E-state index contributed by atoms with van der Waals surface area (Å²) in [5.74, 6) is 0. The Bertz CT molecular complexity index is 769. The number of nitrogens with zero attached hydrogens (tertiary/aromatic N) is 2. The summed E-state index contributed by atoms with van der Waals surface area (Å²) in [5.41, 5.74) is 2.08. The molecular weight excluding hydrogens is 346 g/mol. The molecule has 3 aromatic rings. The number of hydrogen-bond acceptors (Lipinski definition) is 4. The van der Waals surface area contributed by atoms with Gasteiger partial charge < -0.3 is 5.32 Å². The molecular formula is C16H16BrN3S. The van der Waals surface area contributed by atoms with Gasteiger partial charge in [0, 0.05) is 38.7 Å². The van der Waals surface area contributed by atoms with E-state index in [-0.39, 0.29) is 0 Å². The minimum absolute atomic E-state index is 0.330. The van der Waals surface area contributed by atoms with Crippen LogP contribution in [0.3, 0.4) is 0 Å². The standard InChI is InChI=1S/C16H16BrN3S/c1-3-18-10(2)14-9-20-16(21-14)12-6-7-13(17)11-5-4-8-19-15(11)12/h4-10,18H,3H2,1-2H3. The van der Waals surface area contributed by atoms with Crippen molar-refractivity contribution in [1.29, 1.82) is 0 Å². The number of thiazole rings is 1. The van der Waals surface area contributed by atoms with Gasteiger partial charge in [0.1, 0.15) is 5.01 Å². The molecule has 0 spiro atoms. The molecule has 0 bridgehead atoms. The van der Waals surface area contributed by atoms with Gasteiger partial charge >= 0.3 is 0 Å². The van der Waals surface area contributed by atoms with Crippen molar-refractivity contribution in [3.8, 4) is 10.6 Å². The number of fused-ring (bicyclic) bond motifs is 1. The Labute approximate surface area is 136 Å². The van der Waals surface area contributed by atoms with Crippen LogP contribution in [0.4, 0.5) is 0 Å². The van der Waals surface area contributed by atoms with Gasteiger partial charge in [0.05, 0.1) is 5.52 Å². The van der Waals surface area contributed by atoms with Crippen molar-refractivity contribution >= 4 is 38.2 Å². The molecule has 2 heterocycles. The average molecular weight is 362 g/mol. The minimum Gasteiger partial charge on any atom is -0.310 e. The van der Waals surface area contributed by atoms with Crippen LogP contribution in [0.2, 0.25) is 0 Å². The number of pyridine rings is 1. The maximum Gasteiger partial charge on any atom is 0.125 e. The molecule has 2 aromatic heterocycles. The Kier molecular flexibility index (Phi) is 4.33. The maximum absolute atomic E-state index is 4.59. The van der Waals surface area contributed by atoms with Gasteiger partial charge in [-0.05, 0) is 31.7 Å². The fraction of sp³-hybridized carbons (Fsp3) is 0.250. The van der Waals surface area contributed by atoms with Crippen molar-refractivity contribution in [1.82, 2.24) is 15.3 Å². The zero-order valence-electron chi connectivity index (χ0n) is 11.9. The van der Waals surface area contributed by atoms with E-state index in [1.165, 1.54) is 4.88 Å². The maximum atomic E-state index is 4.59. The molecule has 1 atom stereocenters. The molecule has 5 heteroatoms. The first-order valence-electron chi connectivity index (χ1n) is 6.93. The number of nitrogens with one attached hydrogen (secondary N) is 1. The van der Waals surface area contributed by atoms with Crippen LogP contribution in [0.25, 0.3) is 21.5 Å². The summed E-state index contributed by atoms with van der Waals surface area (Å²) in [7, 11) is 0. The lowest BCUT2D eigenvalue weighted by molar-refractivity contribution is 0.606. The molecule has 3 rings (SSSR count). The average Bonchev–Trinajstić information content (AvgIpc) is 2.98. The summed E-state index contributed by atoms with van der Waals surface area (Å²) < 4.78 is 1.06. The first-order chi connectivity index (χ1) is 10.2. The van der Waals surface area contributed by atoms with E-state index in [9.17, 15) is 0 Å². The van der Waals surface area contributed by atoms with Gasteiger partial charge in [-0.1, -0.05) is 28.9 Å². The zero-order chi connectivity index (χ0) is 14.8. The van der Waals surface area contributed by atoms with E-state index in [1.807, 2.05) is 18.5 Å². The summed E-state index contributed by atoms with van der Waals surface area (Å²) in [5, 5.41) is 5.56. The Morgan fingerprint density at radius 1 is 1.29 bits per heavy atom. The molecule has 1 unspecified atom stereocenters. The molecule has 0 fully saturated rings. The molecule has 108 valence electrons. The van der Waals surface area contributed by atoms with E-state index in [0.29, 0.717) is 6.04 Å². The van der Waals surface area contributed by atoms with E-state index in [2.05, 4.69) is 63.3 Å². The van der Waals surface area contributed by atoms with Gasteiger partial charge in [0.2, 0.25) is 0 Å². The van der Waals surface area contributed by atoms with Gasteiger partial charge in [-0.25, -0.2) is 4.98 Å². The summed E-state index contributed by atoms with van der Waals surface area (Å²) in [6, 6.07) is 8.51. The van der Waals surface area contributed by atoms with Crippen LogP contribution >= 0.6 is 27.3 Å². The minimum atomic E-state index is 0.330. The van der Waals surface area contributed by atoms with Crippen LogP contribution in [-0.2, 0) is 0 Å². The van der Waals surface area contributed by atoms with Crippen molar-refractivity contribution in [2.24, 2.45) is 0 Å². The van der Waals surface area contributed by atoms with E-state index in [4.69, 9.17) is 0 Å². The Morgan fingerprint density at radius 2 is 2.14 bits per heavy atom. The fourth-order valence-electron chi connectivity index (χ4n) is 2.33. The lowest BCUT2D eigenvalue weighted by atomic mass is 10.1. The number of benzene rings is 1. The van der Waals surface area contributed by atoms with Crippen molar-refractivity contribution < 1.29 is 0 Å². The summed E-state index contributed by atoms with van der Waals surface area (Å²) in [4.78, 5) is 10.4. The van der Waals surface area contributed by atoms with Gasteiger partial charge in [-0.15, -0.1) is 11.3 Å². The SMILES string of the molecule is CCNC(C)c1cnc(-c2ccc(Br)c3cccnc23)s1. The molecule has 3 nitrogen and oxygen atoms in total. The Hall–Kier alpha value is -1.30. The van der Waals surface area contributed by atoms with E-state index in [0.717, 1.165) is 32.5 Å². The highest BCUT2D eigenvalue weighted by atomic mass is 79.9. The van der Waals surface area contributed by atoms with Crippen LogP contribution in [-0.4, -0.2) is 16.5 Å². The highest BCUT2D eigenvalue weighted by Crippen LogP contribution is 2.35. The normalized spacial score (nSPS) is 12.7. The predicted octanol–water partition coefficient (Wildman–Crippen LogP) is 4.79. The largest absolute Gasteiger partial charge is 0.310 e. The molecule has 0 radical (unpaired) electrons. The van der Waals surface area contributed by atoms with Gasteiger partial charge in [0.25, 0.3) is 0 Å². The highest BCUT2D eigenvalue weighted by Gasteiger charge is 2.13. The number of aromatic nitrogens is 2. The Balaban J connectivity index is 2.07. The van der Waals surface area contributed by atoms with Crippen LogP contribution in [0.15, 0.2) is 41.1 Å². The highest BCUT2D eigenvalue weighted by molar-refractivity contribution is 9.10. The summed E-state index contributed by atoms with van der Waals surface area (Å²) in [6.07, 6.45) is 3.79. The van der Waals surface area contributed by atoms with E-state index in [1.54, 1.807) is 11.3 Å². The topological polar surface area (TPSA) is 37.8 Å². The first-order valence-corrected chi connectivity index (χ1v) is 8.54. The van der Waals surface area contributed by atoms with Crippen molar-refractivity contribution in [2.45, 2.75) is 19.9 Å². The number of rotatable bonds is 4. The van der Waals surface area contributed by atoms with Crippen LogP contribution in [0.1, 0.15) is 24.8 Å². The lowest BCUT2D eigenvalue weighted by Crippen LogP contribution is -2.16. The molecule has 1 aromatic carbocycles. The molecule has 0 saturated carbocycles. The third kappa shape index (κ3) is 2.86. The monoisotopic (exact) mass is 361 g/mol. The second-order valence-electron chi connectivity index (χ2n) is 4.84. The molecule has 1 N–H and O–H groups in total. The van der Waals surface area contributed by atoms with E-state index >= 15 is 0 Å². The van der Waals surface area contributed by atoms with Crippen molar-refractivity contribution in [2.75, 3.05) is 6.54 Å². The van der Waals surface area contributed by atoms with Crippen LogP contribution in [0.5, 0.6) is 0 Å². The fourth-order valence-corrected chi connectivity index (χ4v) is 3.75. The summed E-state index contributed by atoms with van der Waals surface area (Å²) in [6.45, 7) is 5.24. The van der Waals surface area contributed by atoms with Gasteiger partial charge in [-0.2, -0.15) is 0 Å². The predicted molar refractivity (Wildman–Crippen MR) is 92.6 cm³/mol. The molecule has 0 aliphatic carbocycles. The number of hydrogen-bond donors (Lipinski definition) is 1. The molecule has 0 amide bonds. The molecule has 21 heavy (non-hydrogen) atoms. The number of halogens is 1. The molecule has 0 aliphatic rings. The van der Waals surface area contributed by atoms with Crippen molar-refractivity contribution in [3.05, 3.63) is 46.0 Å². The third-order valence-corrected chi connectivity index (χ3v) is 5.31. The van der Waals surface area contributed by atoms with Crippen LogP contribution in [0, 0.1) is 0 Å². The first kappa shape index (κ1) is 14.6. The van der Waals surface area contributed by atoms with Crippen molar-refractivity contribution in [3.63, 3.8) is 0 Å². The van der Waals surface area contributed by atoms with Gasteiger partial charge in [0.15, 0.2) is 0 Å². The molecule has 0 aliphatic heterocycles. The summed E-state index contributed by atoms with van der Waals surface area (Å²) >= 11 is 5.31.